The molecule has 0 aromatic carbocycles. The number of nitrogens with zero attached hydrogens (tertiary/aromatic N) is 1. The van der Waals surface area contributed by atoms with Gasteiger partial charge in [0.15, 0.2) is 16.6 Å². The average Bonchev–Trinajstić information content (AvgIpc) is 2.28. The molecule has 0 fully saturated rings. The minimum atomic E-state index is -2.36. The van der Waals surface area contributed by atoms with Crippen molar-refractivity contribution in [3.63, 3.8) is 0 Å². The molecule has 1 atom stereocenters. The van der Waals surface area contributed by atoms with Crippen LogP contribution in [0.5, 0.6) is 0 Å². The fraction of sp³-hybridized carbons (Fsp3) is 1.00. The molecule has 0 aliphatic carbocycles. The second-order valence-electron chi connectivity index (χ2n) is 11.2. The van der Waals surface area contributed by atoms with Gasteiger partial charge in [0.05, 0.1) is 6.10 Å². The summed E-state index contributed by atoms with van der Waals surface area (Å²) in [4.78, 5) is 2.18. The van der Waals surface area contributed by atoms with E-state index in [1.165, 1.54) is 0 Å². The van der Waals surface area contributed by atoms with Gasteiger partial charge in [-0.25, -0.2) is 0 Å². The summed E-state index contributed by atoms with van der Waals surface area (Å²) in [5, 5.41) is 9.51. The van der Waals surface area contributed by atoms with E-state index in [-0.39, 0.29) is 6.10 Å². The Morgan fingerprint density at radius 2 is 1.14 bits per heavy atom. The van der Waals surface area contributed by atoms with Gasteiger partial charge < -0.3 is 26.5 Å². The Morgan fingerprint density at radius 1 is 0.724 bits per heavy atom. The summed E-state index contributed by atoms with van der Waals surface area (Å²) in [7, 11) is -8.34. The van der Waals surface area contributed by atoms with Crippen molar-refractivity contribution in [3.05, 3.63) is 0 Å². The zero-order chi connectivity index (χ0) is 23.3. The third-order valence-corrected chi connectivity index (χ3v) is 22.0. The second kappa shape index (κ2) is 11.1. The first-order chi connectivity index (χ1) is 12.6. The van der Waals surface area contributed by atoms with Crippen LogP contribution in [-0.2, 0) is 16.5 Å². The summed E-state index contributed by atoms with van der Waals surface area (Å²) in [5.41, 5.74) is 0. The van der Waals surface area contributed by atoms with Crippen LogP contribution in [0, 0.1) is 0 Å². The number of rotatable bonds is 14. The van der Waals surface area contributed by atoms with E-state index < -0.39 is 42.3 Å². The van der Waals surface area contributed by atoms with Crippen molar-refractivity contribution in [2.24, 2.45) is 0 Å². The summed E-state index contributed by atoms with van der Waals surface area (Å²) in [6, 6.07) is 1.08. The molecule has 11 heteroatoms. The van der Waals surface area contributed by atoms with Gasteiger partial charge in [-0.2, -0.15) is 0 Å². The van der Waals surface area contributed by atoms with E-state index in [2.05, 4.69) is 84.0 Å². The standard InChI is InChI=1S/C18H49NO5Si5/c1-18(20)17-19(2)15-14-16-26(6,7)22-28(10,11)24-29(12,13)23-27(8,9)21-25(3,4)5/h18,20H,14-17H2,1-13H3. The van der Waals surface area contributed by atoms with Gasteiger partial charge in [-0.1, -0.05) is 0 Å². The first-order valence-electron chi connectivity index (χ1n) is 10.8. The lowest BCUT2D eigenvalue weighted by molar-refractivity contribution is 0.141. The van der Waals surface area contributed by atoms with E-state index in [1.807, 2.05) is 6.92 Å². The third-order valence-electron chi connectivity index (χ3n) is 3.95. The van der Waals surface area contributed by atoms with Gasteiger partial charge in [-0.15, -0.1) is 0 Å². The van der Waals surface area contributed by atoms with Crippen LogP contribution in [0.25, 0.3) is 0 Å². The molecule has 1 N–H and O–H groups in total. The molecule has 0 spiro atoms. The number of hydrogen-bond donors (Lipinski definition) is 1. The number of hydrogen-bond acceptors (Lipinski definition) is 6. The molecule has 0 heterocycles. The van der Waals surface area contributed by atoms with Crippen molar-refractivity contribution < 1.29 is 21.6 Å². The van der Waals surface area contributed by atoms with Crippen LogP contribution in [-0.4, -0.2) is 78.6 Å². The highest BCUT2D eigenvalue weighted by Gasteiger charge is 2.45. The monoisotopic (exact) mass is 499 g/mol. The number of aliphatic hydroxyl groups is 1. The minimum absolute atomic E-state index is 0.286. The third kappa shape index (κ3) is 16.2. The van der Waals surface area contributed by atoms with Crippen LogP contribution in [0.15, 0.2) is 0 Å². The number of aliphatic hydroxyl groups excluding tert-OH is 1. The highest BCUT2D eigenvalue weighted by Crippen LogP contribution is 2.27. The predicted octanol–water partition coefficient (Wildman–Crippen LogP) is 4.90. The highest BCUT2D eigenvalue weighted by atomic mass is 28.5. The fourth-order valence-corrected chi connectivity index (χ4v) is 27.8. The molecular weight excluding hydrogens is 451 g/mol. The first kappa shape index (κ1) is 29.8. The Kier molecular flexibility index (Phi) is 11.4. The molecule has 6 nitrogen and oxygen atoms in total. The van der Waals surface area contributed by atoms with E-state index in [9.17, 15) is 5.11 Å². The number of likely N-dealkylation sites (N-methyl/N-ethyl adjacent to an activating group) is 1. The SMILES string of the molecule is CC(O)CN(C)CCC[Si](C)(C)O[Si](C)(C)O[Si](C)(C)O[Si](C)(C)O[Si](C)(C)C. The van der Waals surface area contributed by atoms with Crippen molar-refractivity contribution >= 4 is 42.3 Å². The van der Waals surface area contributed by atoms with Crippen LogP contribution < -0.4 is 0 Å². The van der Waals surface area contributed by atoms with E-state index in [1.54, 1.807) is 0 Å². The maximum atomic E-state index is 9.51. The lowest BCUT2D eigenvalue weighted by atomic mass is 10.3. The summed E-state index contributed by atoms with van der Waals surface area (Å²) < 4.78 is 26.1. The van der Waals surface area contributed by atoms with Gasteiger partial charge >= 0.3 is 25.7 Å². The van der Waals surface area contributed by atoms with Gasteiger partial charge in [0, 0.05) is 6.54 Å². The molecule has 1 unspecified atom stereocenters. The minimum Gasteiger partial charge on any atom is -0.437 e. The normalized spacial score (nSPS) is 15.8. The van der Waals surface area contributed by atoms with Crippen LogP contribution >= 0.6 is 0 Å². The Balaban J connectivity index is 4.77. The largest absolute Gasteiger partial charge is 0.437 e. The first-order valence-corrected chi connectivity index (χ1v) is 25.8. The quantitative estimate of drug-likeness (QED) is 0.343. The van der Waals surface area contributed by atoms with Crippen molar-refractivity contribution in [1.82, 2.24) is 4.90 Å². The molecule has 0 saturated carbocycles. The second-order valence-corrected chi connectivity index (χ2v) is 31.1. The summed E-state index contributed by atoms with van der Waals surface area (Å²) in [6.45, 7) is 27.5. The predicted molar refractivity (Wildman–Crippen MR) is 136 cm³/mol. The van der Waals surface area contributed by atoms with Crippen molar-refractivity contribution in [1.29, 1.82) is 0 Å². The van der Waals surface area contributed by atoms with Gasteiger partial charge in [0.25, 0.3) is 0 Å². The summed E-state index contributed by atoms with van der Waals surface area (Å²) in [6.07, 6.45) is 0.792. The lowest BCUT2D eigenvalue weighted by Gasteiger charge is -2.42. The summed E-state index contributed by atoms with van der Waals surface area (Å²) in [5.74, 6) is 0. The van der Waals surface area contributed by atoms with E-state index in [0.717, 1.165) is 19.0 Å². The molecule has 0 aromatic heterocycles. The zero-order valence-electron chi connectivity index (χ0n) is 21.4. The molecule has 0 aromatic rings. The average molecular weight is 500 g/mol. The smallest absolute Gasteiger partial charge is 0.314 e. The molecule has 0 radical (unpaired) electrons. The topological polar surface area (TPSA) is 60.4 Å². The van der Waals surface area contributed by atoms with Crippen LogP contribution in [0.4, 0.5) is 0 Å². The van der Waals surface area contributed by atoms with Crippen molar-refractivity contribution in [2.45, 2.75) is 97.5 Å². The van der Waals surface area contributed by atoms with Gasteiger partial charge in [0.1, 0.15) is 0 Å². The van der Waals surface area contributed by atoms with Gasteiger partial charge in [0.2, 0.25) is 0 Å². The van der Waals surface area contributed by atoms with Gasteiger partial charge in [-0.3, -0.25) is 0 Å². The molecule has 0 rings (SSSR count). The molecule has 176 valence electrons. The van der Waals surface area contributed by atoms with Gasteiger partial charge in [-0.05, 0) is 105 Å². The van der Waals surface area contributed by atoms with Crippen molar-refractivity contribution in [3.8, 4) is 0 Å². The Hall–Kier alpha value is 0.844. The lowest BCUT2D eigenvalue weighted by Crippen LogP contribution is -2.58. The van der Waals surface area contributed by atoms with Crippen LogP contribution in [0.3, 0.4) is 0 Å². The Labute approximate surface area is 186 Å². The summed E-state index contributed by atoms with van der Waals surface area (Å²) >= 11 is 0. The van der Waals surface area contributed by atoms with Crippen molar-refractivity contribution in [2.75, 3.05) is 20.1 Å². The molecule has 0 saturated heterocycles. The van der Waals surface area contributed by atoms with E-state index in [4.69, 9.17) is 16.5 Å². The Bertz CT molecular complexity index is 496. The van der Waals surface area contributed by atoms with Crippen LogP contribution in [0.1, 0.15) is 13.3 Å². The molecule has 29 heavy (non-hydrogen) atoms. The molecule has 0 aliphatic rings. The highest BCUT2D eigenvalue weighted by molar-refractivity contribution is 6.90. The van der Waals surface area contributed by atoms with E-state index >= 15 is 0 Å². The zero-order valence-corrected chi connectivity index (χ0v) is 26.4. The molecular formula is C18H49NO5Si5. The maximum absolute atomic E-state index is 9.51. The maximum Gasteiger partial charge on any atom is 0.314 e. The van der Waals surface area contributed by atoms with Crippen LogP contribution in [0.2, 0.25) is 78.1 Å². The molecule has 0 bridgehead atoms. The molecule has 0 amide bonds. The van der Waals surface area contributed by atoms with E-state index in [0.29, 0.717) is 6.54 Å². The Morgan fingerprint density at radius 3 is 1.55 bits per heavy atom. The molecule has 0 aliphatic heterocycles. The fourth-order valence-electron chi connectivity index (χ4n) is 4.02.